The van der Waals surface area contributed by atoms with Gasteiger partial charge in [-0.3, -0.25) is 9.69 Å². The molecule has 1 fully saturated rings. The van der Waals surface area contributed by atoms with Crippen LogP contribution in [0, 0.1) is 0 Å². The molecule has 7 nitrogen and oxygen atoms in total. The largest absolute Gasteiger partial charge is 0.484 e. The van der Waals surface area contributed by atoms with E-state index in [0.717, 1.165) is 35.9 Å². The molecule has 2 aliphatic rings. The number of rotatable bonds is 4. The van der Waals surface area contributed by atoms with Gasteiger partial charge in [0.25, 0.3) is 0 Å². The number of amides is 1. The highest BCUT2D eigenvalue weighted by molar-refractivity contribution is 7.07. The molecule has 0 radical (unpaired) electrons. The molecule has 2 aliphatic heterocycles. The summed E-state index contributed by atoms with van der Waals surface area (Å²) in [6.07, 6.45) is 3.43. The van der Waals surface area contributed by atoms with Crippen molar-refractivity contribution in [2.75, 3.05) is 44.2 Å². The number of ether oxygens (including phenoxy) is 1. The van der Waals surface area contributed by atoms with Crippen molar-refractivity contribution in [3.8, 4) is 5.75 Å². The molecule has 8 heteroatoms. The number of aromatic nitrogens is 2. The van der Waals surface area contributed by atoms with Gasteiger partial charge in [-0.1, -0.05) is 18.2 Å². The Kier molecular flexibility index (Phi) is 5.82. The Balaban J connectivity index is 1.25. The zero-order chi connectivity index (χ0) is 21.0. The first kappa shape index (κ1) is 20.0. The van der Waals surface area contributed by atoms with Crippen LogP contribution in [0.4, 0.5) is 5.95 Å². The van der Waals surface area contributed by atoms with Crippen molar-refractivity contribution in [3.05, 3.63) is 70.7 Å². The summed E-state index contributed by atoms with van der Waals surface area (Å²) in [6.45, 7) is 4.66. The first-order valence-electron chi connectivity index (χ1n) is 10.5. The van der Waals surface area contributed by atoms with Gasteiger partial charge in [0, 0.05) is 62.8 Å². The van der Waals surface area contributed by atoms with E-state index in [9.17, 15) is 4.79 Å². The number of carbonyl (C=O) groups excluding carboxylic acids is 1. The lowest BCUT2D eigenvalue weighted by atomic mass is 10.2. The van der Waals surface area contributed by atoms with E-state index in [0.29, 0.717) is 32.7 Å². The van der Waals surface area contributed by atoms with Crippen molar-refractivity contribution in [3.63, 3.8) is 0 Å². The number of fused-ring (bicyclic) bond motifs is 1. The van der Waals surface area contributed by atoms with Gasteiger partial charge in [-0.15, -0.1) is 0 Å². The van der Waals surface area contributed by atoms with Gasteiger partial charge in [0.15, 0.2) is 0 Å². The fourth-order valence-electron chi connectivity index (χ4n) is 4.13. The van der Waals surface area contributed by atoms with Crippen LogP contribution in [-0.2, 0) is 11.3 Å². The Morgan fingerprint density at radius 1 is 1.06 bits per heavy atom. The molecular weight excluding hydrogens is 410 g/mol. The zero-order valence-electron chi connectivity index (χ0n) is 17.3. The highest BCUT2D eigenvalue weighted by Gasteiger charge is 2.28. The number of para-hydroxylation sites is 1. The summed E-state index contributed by atoms with van der Waals surface area (Å²) in [6, 6.07) is 12.1. The van der Waals surface area contributed by atoms with Crippen molar-refractivity contribution in [1.82, 2.24) is 19.8 Å². The van der Waals surface area contributed by atoms with E-state index in [1.807, 2.05) is 29.2 Å². The van der Waals surface area contributed by atoms with Crippen LogP contribution < -0.4 is 9.64 Å². The number of piperazine rings is 1. The van der Waals surface area contributed by atoms with Crippen LogP contribution in [0.1, 0.15) is 17.2 Å². The molecule has 2 aromatic heterocycles. The second-order valence-electron chi connectivity index (χ2n) is 7.86. The zero-order valence-corrected chi connectivity index (χ0v) is 18.1. The van der Waals surface area contributed by atoms with Gasteiger partial charge in [-0.2, -0.15) is 11.3 Å². The van der Waals surface area contributed by atoms with E-state index < -0.39 is 0 Å². The molecule has 1 saturated heterocycles. The number of hydrogen-bond donors (Lipinski definition) is 0. The number of benzene rings is 1. The van der Waals surface area contributed by atoms with Gasteiger partial charge in [-0.25, -0.2) is 9.97 Å². The van der Waals surface area contributed by atoms with Crippen molar-refractivity contribution in [1.29, 1.82) is 0 Å². The molecule has 0 spiro atoms. The van der Waals surface area contributed by atoms with Crippen molar-refractivity contribution < 1.29 is 9.53 Å². The Hall–Kier alpha value is -2.97. The van der Waals surface area contributed by atoms with Gasteiger partial charge in [0.1, 0.15) is 11.9 Å². The number of hydrogen-bond acceptors (Lipinski definition) is 7. The monoisotopic (exact) mass is 435 g/mol. The van der Waals surface area contributed by atoms with E-state index in [1.54, 1.807) is 23.7 Å². The Labute approximate surface area is 185 Å². The van der Waals surface area contributed by atoms with Crippen molar-refractivity contribution >= 4 is 23.2 Å². The van der Waals surface area contributed by atoms with Crippen LogP contribution in [0.5, 0.6) is 5.75 Å². The van der Waals surface area contributed by atoms with Crippen LogP contribution in [-0.4, -0.2) is 64.9 Å². The SMILES string of the molecule is O=C(CN1Cc2ccccc2OC(c2ccsc2)C1)N1CCN(c2ncccn2)CC1. The third-order valence-corrected chi connectivity index (χ3v) is 6.50. The minimum atomic E-state index is -0.0743. The van der Waals surface area contributed by atoms with Crippen LogP contribution in [0.15, 0.2) is 59.6 Å². The molecule has 0 N–H and O–H groups in total. The third kappa shape index (κ3) is 4.55. The molecule has 1 unspecified atom stereocenters. The summed E-state index contributed by atoms with van der Waals surface area (Å²) >= 11 is 1.67. The smallest absolute Gasteiger partial charge is 0.236 e. The van der Waals surface area contributed by atoms with Gasteiger partial charge in [0.05, 0.1) is 6.54 Å². The fourth-order valence-corrected chi connectivity index (χ4v) is 4.84. The summed E-state index contributed by atoms with van der Waals surface area (Å²) in [5, 5.41) is 4.20. The summed E-state index contributed by atoms with van der Waals surface area (Å²) in [7, 11) is 0. The molecular formula is C23H25N5O2S. The quantitative estimate of drug-likeness (QED) is 0.628. The molecule has 4 heterocycles. The van der Waals surface area contributed by atoms with Gasteiger partial charge in [0.2, 0.25) is 11.9 Å². The average Bonchev–Trinajstić information content (AvgIpc) is 3.29. The van der Waals surface area contributed by atoms with E-state index >= 15 is 0 Å². The molecule has 1 aromatic carbocycles. The molecule has 1 amide bonds. The molecule has 0 bridgehead atoms. The second-order valence-corrected chi connectivity index (χ2v) is 8.64. The van der Waals surface area contributed by atoms with E-state index in [2.05, 4.69) is 42.7 Å². The molecule has 0 saturated carbocycles. The molecule has 1 atom stereocenters. The summed E-state index contributed by atoms with van der Waals surface area (Å²) < 4.78 is 6.34. The van der Waals surface area contributed by atoms with E-state index in [4.69, 9.17) is 4.74 Å². The summed E-state index contributed by atoms with van der Waals surface area (Å²) in [5.74, 6) is 1.80. The number of anilines is 1. The first-order valence-corrected chi connectivity index (χ1v) is 11.5. The minimum Gasteiger partial charge on any atom is -0.484 e. The van der Waals surface area contributed by atoms with Crippen molar-refractivity contribution in [2.24, 2.45) is 0 Å². The number of thiophene rings is 1. The Morgan fingerprint density at radius 3 is 2.65 bits per heavy atom. The van der Waals surface area contributed by atoms with Crippen molar-refractivity contribution in [2.45, 2.75) is 12.6 Å². The molecule has 3 aromatic rings. The Morgan fingerprint density at radius 2 is 1.87 bits per heavy atom. The third-order valence-electron chi connectivity index (χ3n) is 5.80. The Bertz CT molecular complexity index is 1010. The van der Waals surface area contributed by atoms with Gasteiger partial charge < -0.3 is 14.5 Å². The average molecular weight is 436 g/mol. The molecule has 5 rings (SSSR count). The molecule has 160 valence electrons. The minimum absolute atomic E-state index is 0.0743. The predicted octanol–water partition coefficient (Wildman–Crippen LogP) is 2.82. The maximum atomic E-state index is 13.1. The standard InChI is InChI=1S/C23H25N5O2S/c29-22(27-9-11-28(12-10-27)23-24-7-3-8-25-23)16-26-14-18-4-1-2-5-20(18)30-21(15-26)19-6-13-31-17-19/h1-8,13,17,21H,9-12,14-16H2. The van der Waals surface area contributed by atoms with Crippen LogP contribution >= 0.6 is 11.3 Å². The lowest BCUT2D eigenvalue weighted by Gasteiger charge is -2.35. The summed E-state index contributed by atoms with van der Waals surface area (Å²) in [5.41, 5.74) is 2.29. The van der Waals surface area contributed by atoms with Crippen LogP contribution in [0.25, 0.3) is 0 Å². The maximum absolute atomic E-state index is 13.1. The van der Waals surface area contributed by atoms with Gasteiger partial charge >= 0.3 is 0 Å². The van der Waals surface area contributed by atoms with E-state index in [1.165, 1.54) is 0 Å². The van der Waals surface area contributed by atoms with Gasteiger partial charge in [-0.05, 0) is 29.0 Å². The fraction of sp³-hybridized carbons (Fsp3) is 0.348. The van der Waals surface area contributed by atoms with E-state index in [-0.39, 0.29) is 12.0 Å². The highest BCUT2D eigenvalue weighted by atomic mass is 32.1. The topological polar surface area (TPSA) is 61.8 Å². The number of carbonyl (C=O) groups is 1. The lowest BCUT2D eigenvalue weighted by molar-refractivity contribution is -0.133. The number of nitrogens with zero attached hydrogens (tertiary/aromatic N) is 5. The maximum Gasteiger partial charge on any atom is 0.236 e. The lowest BCUT2D eigenvalue weighted by Crippen LogP contribution is -2.51. The first-order chi connectivity index (χ1) is 15.3. The van der Waals surface area contributed by atoms with Crippen LogP contribution in [0.2, 0.25) is 0 Å². The highest BCUT2D eigenvalue weighted by Crippen LogP contribution is 2.31. The second kappa shape index (κ2) is 9.03. The summed E-state index contributed by atoms with van der Waals surface area (Å²) in [4.78, 5) is 28.1. The van der Waals surface area contributed by atoms with Crippen LogP contribution in [0.3, 0.4) is 0 Å². The molecule has 0 aliphatic carbocycles. The normalized spacial score (nSPS) is 19.4. The predicted molar refractivity (Wildman–Crippen MR) is 120 cm³/mol. The molecule has 31 heavy (non-hydrogen) atoms.